The number of alkyl carbamates (subject to hydrolysis) is 1. The number of amides is 3. The number of benzene rings is 2. The fraction of sp³-hybridized carbons (Fsp3) is 0.391. The second kappa shape index (κ2) is 10.5. The Hall–Kier alpha value is -3.02. The maximum Gasteiger partial charge on any atom is 0.407 e. The van der Waals surface area contributed by atoms with Crippen molar-refractivity contribution in [3.63, 3.8) is 0 Å². The van der Waals surface area contributed by atoms with Crippen molar-refractivity contribution in [2.24, 2.45) is 0 Å². The highest BCUT2D eigenvalue weighted by Gasteiger charge is 2.16. The van der Waals surface area contributed by atoms with Crippen LogP contribution in [0.2, 0.25) is 0 Å². The van der Waals surface area contributed by atoms with Gasteiger partial charge in [-0.2, -0.15) is 0 Å². The van der Waals surface area contributed by atoms with Crippen LogP contribution in [-0.4, -0.2) is 36.2 Å². The third-order valence-electron chi connectivity index (χ3n) is 4.62. The van der Waals surface area contributed by atoms with E-state index in [0.29, 0.717) is 12.2 Å². The van der Waals surface area contributed by atoms with Gasteiger partial charge in [0.1, 0.15) is 0 Å². The summed E-state index contributed by atoms with van der Waals surface area (Å²) in [6.07, 6.45) is 0.195. The van der Waals surface area contributed by atoms with Gasteiger partial charge in [0.05, 0.1) is 6.10 Å². The molecule has 0 fully saturated rings. The predicted molar refractivity (Wildman–Crippen MR) is 116 cm³/mol. The molecule has 3 amide bonds. The number of nitrogens with zero attached hydrogens (tertiary/aromatic N) is 1. The van der Waals surface area contributed by atoms with Crippen LogP contribution in [-0.2, 0) is 17.7 Å². The highest BCUT2D eigenvalue weighted by molar-refractivity contribution is 5.89. The van der Waals surface area contributed by atoms with Crippen LogP contribution in [0, 0.1) is 6.92 Å². The molecule has 0 heterocycles. The van der Waals surface area contributed by atoms with Crippen molar-refractivity contribution < 1.29 is 14.3 Å². The zero-order valence-electron chi connectivity index (χ0n) is 17.9. The fourth-order valence-corrected chi connectivity index (χ4v) is 2.75. The van der Waals surface area contributed by atoms with Crippen LogP contribution in [0.15, 0.2) is 48.5 Å². The van der Waals surface area contributed by atoms with Crippen molar-refractivity contribution in [3.8, 4) is 0 Å². The van der Waals surface area contributed by atoms with E-state index in [2.05, 4.69) is 41.8 Å². The van der Waals surface area contributed by atoms with Crippen LogP contribution >= 0.6 is 0 Å². The highest BCUT2D eigenvalue weighted by atomic mass is 16.6. The number of anilines is 1. The number of aryl methyl sites for hydroxylation is 1. The van der Waals surface area contributed by atoms with Gasteiger partial charge in [0, 0.05) is 25.3 Å². The first kappa shape index (κ1) is 22.3. The Morgan fingerprint density at radius 3 is 2.14 bits per heavy atom. The van der Waals surface area contributed by atoms with E-state index in [1.54, 1.807) is 25.8 Å². The minimum absolute atomic E-state index is 0.0631. The summed E-state index contributed by atoms with van der Waals surface area (Å²) < 4.78 is 5.03. The van der Waals surface area contributed by atoms with Gasteiger partial charge in [-0.1, -0.05) is 42.0 Å². The molecular formula is C23H31N3O3. The third-order valence-corrected chi connectivity index (χ3v) is 4.62. The van der Waals surface area contributed by atoms with Gasteiger partial charge in [0.2, 0.25) is 0 Å². The number of ether oxygens (including phenoxy) is 1. The Morgan fingerprint density at radius 2 is 1.55 bits per heavy atom. The average molecular weight is 398 g/mol. The molecule has 2 aromatic carbocycles. The van der Waals surface area contributed by atoms with Gasteiger partial charge < -0.3 is 20.3 Å². The van der Waals surface area contributed by atoms with Gasteiger partial charge >= 0.3 is 12.1 Å². The van der Waals surface area contributed by atoms with Crippen molar-refractivity contribution in [2.75, 3.05) is 12.4 Å². The smallest absolute Gasteiger partial charge is 0.407 e. The van der Waals surface area contributed by atoms with Gasteiger partial charge in [-0.3, -0.25) is 0 Å². The molecule has 0 aromatic heterocycles. The monoisotopic (exact) mass is 397 g/mol. The number of hydrogen-bond donors (Lipinski definition) is 2. The molecule has 0 radical (unpaired) electrons. The van der Waals surface area contributed by atoms with Crippen molar-refractivity contribution in [1.82, 2.24) is 10.2 Å². The van der Waals surface area contributed by atoms with E-state index in [9.17, 15) is 9.59 Å². The molecule has 2 aromatic rings. The highest BCUT2D eigenvalue weighted by Crippen LogP contribution is 2.13. The Balaban J connectivity index is 1.84. The molecule has 0 unspecified atom stereocenters. The Morgan fingerprint density at radius 1 is 0.966 bits per heavy atom. The minimum Gasteiger partial charge on any atom is -0.447 e. The van der Waals surface area contributed by atoms with Crippen LogP contribution in [0.4, 0.5) is 15.3 Å². The lowest BCUT2D eigenvalue weighted by molar-refractivity contribution is 0.115. The summed E-state index contributed by atoms with van der Waals surface area (Å²) in [5, 5.41) is 5.60. The summed E-state index contributed by atoms with van der Waals surface area (Å²) in [5.41, 5.74) is 4.06. The minimum atomic E-state index is -0.443. The van der Waals surface area contributed by atoms with E-state index in [1.807, 2.05) is 31.2 Å². The van der Waals surface area contributed by atoms with Crippen LogP contribution in [0.5, 0.6) is 0 Å². The molecule has 0 saturated carbocycles. The zero-order valence-corrected chi connectivity index (χ0v) is 17.9. The van der Waals surface area contributed by atoms with Crippen LogP contribution < -0.4 is 10.6 Å². The summed E-state index contributed by atoms with van der Waals surface area (Å²) in [5.74, 6) is 0. The summed E-state index contributed by atoms with van der Waals surface area (Å²) in [6, 6.07) is 15.6. The summed E-state index contributed by atoms with van der Waals surface area (Å²) in [4.78, 5) is 25.8. The molecule has 0 spiro atoms. The molecule has 6 heteroatoms. The van der Waals surface area contributed by atoms with E-state index in [1.165, 1.54) is 11.1 Å². The Kier molecular flexibility index (Phi) is 8.07. The topological polar surface area (TPSA) is 70.7 Å². The molecule has 0 bridgehead atoms. The summed E-state index contributed by atoms with van der Waals surface area (Å²) >= 11 is 0. The number of nitrogens with one attached hydrogen (secondary N) is 2. The van der Waals surface area contributed by atoms with Gasteiger partial charge in [-0.25, -0.2) is 9.59 Å². The Labute approximate surface area is 173 Å². The number of urea groups is 1. The average Bonchev–Trinajstić information content (AvgIpc) is 2.68. The number of carbonyl (C=O) groups excluding carboxylic acids is 2. The van der Waals surface area contributed by atoms with Gasteiger partial charge in [0.15, 0.2) is 0 Å². The van der Waals surface area contributed by atoms with Crippen molar-refractivity contribution >= 4 is 17.8 Å². The second-order valence-corrected chi connectivity index (χ2v) is 7.58. The lowest BCUT2D eigenvalue weighted by atomic mass is 10.1. The van der Waals surface area contributed by atoms with E-state index in [0.717, 1.165) is 12.0 Å². The molecule has 0 aliphatic rings. The van der Waals surface area contributed by atoms with Crippen LogP contribution in [0.1, 0.15) is 37.5 Å². The SMILES string of the molecule is Cc1ccc(C[C@@H](C)N(C)C(=O)Nc2ccc(CNC(=O)OC(C)C)cc2)cc1. The van der Waals surface area contributed by atoms with E-state index >= 15 is 0 Å². The molecule has 0 aliphatic heterocycles. The zero-order chi connectivity index (χ0) is 21.4. The first-order chi connectivity index (χ1) is 13.7. The van der Waals surface area contributed by atoms with Gasteiger partial charge in [0.25, 0.3) is 0 Å². The number of rotatable bonds is 7. The maximum absolute atomic E-state index is 12.5. The lowest BCUT2D eigenvalue weighted by Crippen LogP contribution is -2.39. The van der Waals surface area contributed by atoms with Gasteiger partial charge in [-0.05, 0) is 57.4 Å². The molecule has 0 aliphatic carbocycles. The standard InChI is InChI=1S/C23H31N3O3/c1-16(2)29-23(28)24-15-20-10-12-21(13-11-20)25-22(27)26(5)18(4)14-19-8-6-17(3)7-9-19/h6-13,16,18H,14-15H2,1-5H3,(H,24,28)(H,25,27)/t18-/m1/s1. The van der Waals surface area contributed by atoms with Crippen molar-refractivity contribution in [2.45, 2.75) is 52.8 Å². The maximum atomic E-state index is 12.5. The molecule has 0 saturated heterocycles. The molecule has 2 rings (SSSR count). The van der Waals surface area contributed by atoms with E-state index in [4.69, 9.17) is 4.74 Å². The van der Waals surface area contributed by atoms with E-state index in [-0.39, 0.29) is 18.2 Å². The van der Waals surface area contributed by atoms with Gasteiger partial charge in [-0.15, -0.1) is 0 Å². The largest absolute Gasteiger partial charge is 0.447 e. The molecule has 156 valence electrons. The fourth-order valence-electron chi connectivity index (χ4n) is 2.75. The summed E-state index contributed by atoms with van der Waals surface area (Å²) in [7, 11) is 1.80. The molecule has 6 nitrogen and oxygen atoms in total. The lowest BCUT2D eigenvalue weighted by Gasteiger charge is -2.25. The summed E-state index contributed by atoms with van der Waals surface area (Å²) in [6.45, 7) is 8.06. The Bertz CT molecular complexity index is 801. The van der Waals surface area contributed by atoms with Crippen molar-refractivity contribution in [3.05, 3.63) is 65.2 Å². The number of carbonyl (C=O) groups is 2. The quantitative estimate of drug-likeness (QED) is 0.710. The molecule has 1 atom stereocenters. The van der Waals surface area contributed by atoms with E-state index < -0.39 is 6.09 Å². The molecule has 2 N–H and O–H groups in total. The molecular weight excluding hydrogens is 366 g/mol. The molecule has 29 heavy (non-hydrogen) atoms. The number of hydrogen-bond acceptors (Lipinski definition) is 3. The van der Waals surface area contributed by atoms with Crippen LogP contribution in [0.3, 0.4) is 0 Å². The first-order valence-corrected chi connectivity index (χ1v) is 9.87. The van der Waals surface area contributed by atoms with Crippen molar-refractivity contribution in [1.29, 1.82) is 0 Å². The second-order valence-electron chi connectivity index (χ2n) is 7.58. The van der Waals surface area contributed by atoms with Crippen LogP contribution in [0.25, 0.3) is 0 Å². The normalized spacial score (nSPS) is 11.7. The predicted octanol–water partition coefficient (Wildman–Crippen LogP) is 4.72. The number of likely N-dealkylation sites (N-methyl/N-ethyl adjacent to an activating group) is 1. The third kappa shape index (κ3) is 7.49. The first-order valence-electron chi connectivity index (χ1n) is 9.87.